The number of halogens is 2. The third kappa shape index (κ3) is 6.83. The topological polar surface area (TPSA) is 77.2 Å². The predicted octanol–water partition coefficient (Wildman–Crippen LogP) is 2.93. The highest BCUT2D eigenvalue weighted by molar-refractivity contribution is 5.85. The van der Waals surface area contributed by atoms with Crippen molar-refractivity contribution in [1.82, 2.24) is 10.3 Å². The number of alkyl carbamates (subject to hydrolysis) is 1. The molecule has 0 saturated carbocycles. The molecule has 0 aliphatic carbocycles. The van der Waals surface area contributed by atoms with Crippen LogP contribution in [-0.2, 0) is 17.9 Å². The lowest BCUT2D eigenvalue weighted by molar-refractivity contribution is 0.139. The number of aromatic nitrogens is 1. The summed E-state index contributed by atoms with van der Waals surface area (Å²) in [5.74, 6) is 0. The van der Waals surface area contributed by atoms with E-state index in [1.165, 1.54) is 0 Å². The van der Waals surface area contributed by atoms with Gasteiger partial charge in [0.15, 0.2) is 0 Å². The van der Waals surface area contributed by atoms with Gasteiger partial charge >= 0.3 is 6.09 Å². The van der Waals surface area contributed by atoms with Crippen LogP contribution < -0.4 is 11.1 Å². The van der Waals surface area contributed by atoms with Crippen LogP contribution in [0.1, 0.15) is 11.3 Å². The normalized spacial score (nSPS) is 8.95. The Balaban J connectivity index is 0.00000200. The van der Waals surface area contributed by atoms with E-state index in [0.29, 0.717) is 12.2 Å². The first-order valence-corrected chi connectivity index (χ1v) is 5.89. The standard InChI is InChI=1S/C14H15N3O2.2ClH/c15-12-6-7-13(16-8-12)9-17-14(18)19-10-11-4-2-1-3-5-11;;/h1-8H,9-10,15H2,(H,17,18);2*1H. The number of carbonyl (C=O) groups is 1. The predicted molar refractivity (Wildman–Crippen MR) is 86.6 cm³/mol. The number of pyridine rings is 1. The van der Waals surface area contributed by atoms with Crippen molar-refractivity contribution in [3.8, 4) is 0 Å². The van der Waals surface area contributed by atoms with Crippen molar-refractivity contribution in [3.05, 3.63) is 59.9 Å². The van der Waals surface area contributed by atoms with Crippen LogP contribution in [-0.4, -0.2) is 11.1 Å². The van der Waals surface area contributed by atoms with Gasteiger partial charge in [0.1, 0.15) is 6.61 Å². The average Bonchev–Trinajstić information content (AvgIpc) is 2.45. The van der Waals surface area contributed by atoms with Crippen molar-refractivity contribution in [1.29, 1.82) is 0 Å². The summed E-state index contributed by atoms with van der Waals surface area (Å²) in [6.07, 6.45) is 1.08. The maximum atomic E-state index is 11.5. The van der Waals surface area contributed by atoms with E-state index in [2.05, 4.69) is 10.3 Å². The smallest absolute Gasteiger partial charge is 0.407 e. The first-order valence-electron chi connectivity index (χ1n) is 5.89. The number of benzene rings is 1. The summed E-state index contributed by atoms with van der Waals surface area (Å²) in [6.45, 7) is 0.565. The molecule has 0 radical (unpaired) electrons. The summed E-state index contributed by atoms with van der Waals surface area (Å²) in [5, 5.41) is 2.62. The van der Waals surface area contributed by atoms with Gasteiger partial charge in [-0.2, -0.15) is 0 Å². The average molecular weight is 330 g/mol. The number of nitrogens with one attached hydrogen (secondary N) is 1. The van der Waals surface area contributed by atoms with Crippen LogP contribution in [0.5, 0.6) is 0 Å². The number of hydrogen-bond acceptors (Lipinski definition) is 4. The zero-order chi connectivity index (χ0) is 13.5. The van der Waals surface area contributed by atoms with E-state index in [-0.39, 0.29) is 31.4 Å². The number of nitrogens with two attached hydrogens (primary N) is 1. The lowest BCUT2D eigenvalue weighted by Gasteiger charge is -2.06. The summed E-state index contributed by atoms with van der Waals surface area (Å²) < 4.78 is 5.07. The maximum absolute atomic E-state index is 11.5. The van der Waals surface area contributed by atoms with Crippen LogP contribution >= 0.6 is 24.8 Å². The van der Waals surface area contributed by atoms with Gasteiger partial charge < -0.3 is 15.8 Å². The summed E-state index contributed by atoms with van der Waals surface area (Å²) in [7, 11) is 0. The Kier molecular flexibility index (Phi) is 8.92. The molecule has 2 rings (SSSR count). The molecule has 114 valence electrons. The molecular weight excluding hydrogens is 313 g/mol. The van der Waals surface area contributed by atoms with Crippen LogP contribution in [0.15, 0.2) is 48.7 Å². The highest BCUT2D eigenvalue weighted by atomic mass is 35.5. The van der Waals surface area contributed by atoms with Crippen molar-refractivity contribution >= 4 is 36.6 Å². The minimum Gasteiger partial charge on any atom is -0.445 e. The van der Waals surface area contributed by atoms with Gasteiger partial charge in [0.25, 0.3) is 0 Å². The zero-order valence-electron chi connectivity index (χ0n) is 11.2. The summed E-state index contributed by atoms with van der Waals surface area (Å²) >= 11 is 0. The van der Waals surface area contributed by atoms with E-state index in [1.54, 1.807) is 18.3 Å². The lowest BCUT2D eigenvalue weighted by Crippen LogP contribution is -2.24. The molecule has 0 spiro atoms. The molecule has 2 aromatic rings. The van der Waals surface area contributed by atoms with Crippen molar-refractivity contribution < 1.29 is 9.53 Å². The van der Waals surface area contributed by atoms with Gasteiger partial charge in [-0.3, -0.25) is 4.98 Å². The van der Waals surface area contributed by atoms with Gasteiger partial charge in [-0.25, -0.2) is 4.79 Å². The van der Waals surface area contributed by atoms with E-state index in [1.807, 2.05) is 30.3 Å². The van der Waals surface area contributed by atoms with Gasteiger partial charge in [0.05, 0.1) is 24.1 Å². The monoisotopic (exact) mass is 329 g/mol. The minimum atomic E-state index is -0.470. The first kappa shape index (κ1) is 19.0. The zero-order valence-corrected chi connectivity index (χ0v) is 12.8. The van der Waals surface area contributed by atoms with Crippen LogP contribution in [0.25, 0.3) is 0 Å². The van der Waals surface area contributed by atoms with Crippen LogP contribution in [0.2, 0.25) is 0 Å². The molecule has 0 fully saturated rings. The third-order valence-corrected chi connectivity index (χ3v) is 2.47. The molecule has 1 amide bonds. The van der Waals surface area contributed by atoms with Gasteiger partial charge in [0.2, 0.25) is 0 Å². The minimum absolute atomic E-state index is 0. The second-order valence-corrected chi connectivity index (χ2v) is 4.00. The van der Waals surface area contributed by atoms with E-state index in [9.17, 15) is 4.79 Å². The molecule has 1 aromatic heterocycles. The number of anilines is 1. The second-order valence-electron chi connectivity index (χ2n) is 4.00. The molecule has 21 heavy (non-hydrogen) atoms. The van der Waals surface area contributed by atoms with Crippen LogP contribution in [0.4, 0.5) is 10.5 Å². The number of nitrogen functional groups attached to an aromatic ring is 1. The highest BCUT2D eigenvalue weighted by Crippen LogP contribution is 2.02. The van der Waals surface area contributed by atoms with E-state index < -0.39 is 6.09 Å². The SMILES string of the molecule is Cl.Cl.Nc1ccc(CNC(=O)OCc2ccccc2)nc1. The quantitative estimate of drug-likeness (QED) is 0.904. The summed E-state index contributed by atoms with van der Waals surface area (Å²) in [5.41, 5.74) is 7.79. The fraction of sp³-hybridized carbons (Fsp3) is 0.143. The molecule has 0 saturated heterocycles. The number of carbonyl (C=O) groups excluding carboxylic acids is 1. The molecule has 0 bridgehead atoms. The molecule has 5 nitrogen and oxygen atoms in total. The number of rotatable bonds is 4. The van der Waals surface area contributed by atoms with Gasteiger partial charge in [-0.05, 0) is 17.7 Å². The van der Waals surface area contributed by atoms with E-state index >= 15 is 0 Å². The Hall–Kier alpha value is -1.98. The Morgan fingerprint density at radius 2 is 1.86 bits per heavy atom. The molecule has 3 N–H and O–H groups in total. The largest absolute Gasteiger partial charge is 0.445 e. The number of hydrogen-bond donors (Lipinski definition) is 2. The number of nitrogens with zero attached hydrogens (tertiary/aromatic N) is 1. The summed E-state index contributed by atoms with van der Waals surface area (Å²) in [4.78, 5) is 15.5. The van der Waals surface area contributed by atoms with E-state index in [0.717, 1.165) is 11.3 Å². The highest BCUT2D eigenvalue weighted by Gasteiger charge is 2.03. The maximum Gasteiger partial charge on any atom is 0.407 e. The van der Waals surface area contributed by atoms with Crippen molar-refractivity contribution in [3.63, 3.8) is 0 Å². The molecule has 0 aliphatic rings. The van der Waals surface area contributed by atoms with Crippen LogP contribution in [0.3, 0.4) is 0 Å². The van der Waals surface area contributed by atoms with Gasteiger partial charge in [-0.1, -0.05) is 30.3 Å². The number of ether oxygens (including phenoxy) is 1. The Morgan fingerprint density at radius 1 is 1.14 bits per heavy atom. The van der Waals surface area contributed by atoms with Gasteiger partial charge in [0, 0.05) is 0 Å². The molecule has 0 atom stereocenters. The van der Waals surface area contributed by atoms with Gasteiger partial charge in [-0.15, -0.1) is 24.8 Å². The molecule has 0 aliphatic heterocycles. The fourth-order valence-corrected chi connectivity index (χ4v) is 1.48. The molecule has 7 heteroatoms. The molecule has 1 heterocycles. The molecule has 1 aromatic carbocycles. The molecule has 0 unspecified atom stereocenters. The lowest BCUT2D eigenvalue weighted by atomic mass is 10.2. The van der Waals surface area contributed by atoms with Crippen molar-refractivity contribution in [2.45, 2.75) is 13.2 Å². The first-order chi connectivity index (χ1) is 9.24. The Labute approximate surface area is 135 Å². The Morgan fingerprint density at radius 3 is 2.48 bits per heavy atom. The molecular formula is C14H17Cl2N3O2. The van der Waals surface area contributed by atoms with Crippen molar-refractivity contribution in [2.24, 2.45) is 0 Å². The summed E-state index contributed by atoms with van der Waals surface area (Å²) in [6, 6.07) is 13.0. The fourth-order valence-electron chi connectivity index (χ4n) is 1.48. The Bertz CT molecular complexity index is 536. The van der Waals surface area contributed by atoms with Crippen molar-refractivity contribution in [2.75, 3.05) is 5.73 Å². The van der Waals surface area contributed by atoms with Crippen LogP contribution in [0, 0.1) is 0 Å². The second kappa shape index (κ2) is 9.85. The third-order valence-electron chi connectivity index (χ3n) is 2.47. The number of amides is 1. The van der Waals surface area contributed by atoms with E-state index in [4.69, 9.17) is 10.5 Å².